The van der Waals surface area contributed by atoms with Gasteiger partial charge in [-0.2, -0.15) is 22.6 Å². The molecule has 0 radical (unpaired) electrons. The van der Waals surface area contributed by atoms with E-state index in [4.69, 9.17) is 20.5 Å². The number of sulfonamides is 1. The number of amides is 2. The lowest BCUT2D eigenvalue weighted by Gasteiger charge is -2.27. The Morgan fingerprint density at radius 1 is 1.02 bits per heavy atom. The van der Waals surface area contributed by atoms with Crippen molar-refractivity contribution >= 4 is 44.8 Å². The van der Waals surface area contributed by atoms with Gasteiger partial charge in [-0.3, -0.25) is 9.59 Å². The maximum atomic E-state index is 14.2. The highest BCUT2D eigenvalue weighted by Gasteiger charge is 2.43. The number of benzene rings is 4. The predicted octanol–water partition coefficient (Wildman–Crippen LogP) is 3.93. The van der Waals surface area contributed by atoms with E-state index in [1.165, 1.54) is 12.3 Å². The molecule has 0 aliphatic carbocycles. The number of nitrogens with one attached hydrogen (secondary N) is 1. The summed E-state index contributed by atoms with van der Waals surface area (Å²) in [4.78, 5) is 37.4. The van der Waals surface area contributed by atoms with Crippen LogP contribution in [0, 0.1) is 0 Å². The van der Waals surface area contributed by atoms with Crippen LogP contribution in [0.5, 0.6) is 5.75 Å². The zero-order valence-corrected chi connectivity index (χ0v) is 28.2. The van der Waals surface area contributed by atoms with Crippen LogP contribution in [-0.4, -0.2) is 85.7 Å². The van der Waals surface area contributed by atoms with Crippen LogP contribution in [0.1, 0.15) is 23.1 Å². The number of carbonyl (C=O) groups excluding carboxylic acids is 2. The molecule has 0 bridgehead atoms. The van der Waals surface area contributed by atoms with Gasteiger partial charge in [0.2, 0.25) is 21.8 Å². The van der Waals surface area contributed by atoms with Gasteiger partial charge in [0, 0.05) is 19.6 Å². The number of rotatable bonds is 12. The van der Waals surface area contributed by atoms with Crippen molar-refractivity contribution in [2.24, 2.45) is 10.9 Å². The summed E-state index contributed by atoms with van der Waals surface area (Å²) in [5.41, 5.74) is 2.70. The van der Waals surface area contributed by atoms with E-state index in [0.29, 0.717) is 30.6 Å². The van der Waals surface area contributed by atoms with Gasteiger partial charge >= 0.3 is 12.1 Å². The molecule has 1 atom stereocenters. The number of hydrogen-bond donors (Lipinski definition) is 3. The van der Waals surface area contributed by atoms with Gasteiger partial charge in [0.25, 0.3) is 0 Å². The molecule has 0 aromatic heterocycles. The van der Waals surface area contributed by atoms with Crippen LogP contribution in [0.2, 0.25) is 0 Å². The first-order valence-electron chi connectivity index (χ1n) is 15.5. The Bertz CT molecular complexity index is 1990. The molecule has 12 nitrogen and oxygen atoms in total. The highest BCUT2D eigenvalue weighted by atomic mass is 32.2. The standard InChI is InChI=1S/C33H35N5O5S.C2HF3O2/c1-43-29-12-10-28-20-30(13-11-27(28)19-29)44(41,42)38(23-32(39)35-16-14-24-6-3-2-4-7-24)31-15-17-37(33(31)40)22-26-9-5-8-25(18-26)21-36-34;3-2(4,5)1(6)7/h2-13,18-21,31H,14-17,22-23,34H2,1H3,(H,35,39);(H,6,7)/t31-;/m0./s1. The van der Waals surface area contributed by atoms with Crippen LogP contribution in [-0.2, 0) is 37.4 Å². The van der Waals surface area contributed by atoms with Crippen molar-refractivity contribution in [2.75, 3.05) is 26.7 Å². The number of alkyl halides is 3. The second-order valence-electron chi connectivity index (χ2n) is 11.4. The van der Waals surface area contributed by atoms with Crippen LogP contribution in [0.15, 0.2) is 101 Å². The number of carboxylic acid groups (broad SMARTS) is 1. The Hall–Kier alpha value is -5.48. The number of halogens is 3. The van der Waals surface area contributed by atoms with E-state index in [-0.39, 0.29) is 23.8 Å². The summed E-state index contributed by atoms with van der Waals surface area (Å²) in [5, 5.41) is 15.0. The molecule has 5 rings (SSSR count). The molecule has 1 saturated heterocycles. The van der Waals surface area contributed by atoms with Gasteiger partial charge < -0.3 is 25.9 Å². The number of nitrogens with two attached hydrogens (primary N) is 1. The van der Waals surface area contributed by atoms with Crippen molar-refractivity contribution in [2.45, 2.75) is 36.5 Å². The highest BCUT2D eigenvalue weighted by Crippen LogP contribution is 2.29. The van der Waals surface area contributed by atoms with Gasteiger partial charge in [-0.25, -0.2) is 13.2 Å². The number of methoxy groups -OCH3 is 1. The van der Waals surface area contributed by atoms with Crippen molar-refractivity contribution in [1.29, 1.82) is 0 Å². The molecule has 1 aliphatic rings. The van der Waals surface area contributed by atoms with Crippen molar-refractivity contribution in [3.05, 3.63) is 108 Å². The van der Waals surface area contributed by atoms with E-state index in [2.05, 4.69) is 10.4 Å². The van der Waals surface area contributed by atoms with E-state index in [0.717, 1.165) is 26.4 Å². The first-order valence-corrected chi connectivity index (χ1v) is 17.0. The molecule has 4 aromatic rings. The molecule has 0 unspecified atom stereocenters. The molecule has 0 spiro atoms. The van der Waals surface area contributed by atoms with Gasteiger partial charge in [-0.05, 0) is 70.6 Å². The molecule has 270 valence electrons. The predicted molar refractivity (Wildman–Crippen MR) is 183 cm³/mol. The third kappa shape index (κ3) is 10.3. The smallest absolute Gasteiger partial charge is 0.490 e. The van der Waals surface area contributed by atoms with Crippen molar-refractivity contribution < 1.29 is 45.8 Å². The minimum Gasteiger partial charge on any atom is -0.497 e. The zero-order valence-electron chi connectivity index (χ0n) is 27.4. The summed E-state index contributed by atoms with van der Waals surface area (Å²) in [6, 6.07) is 26.2. The van der Waals surface area contributed by atoms with Gasteiger partial charge in [-0.15, -0.1) is 0 Å². The molecule has 0 saturated carbocycles. The molecular weight excluding hydrogens is 691 g/mol. The molecule has 1 fully saturated rings. The van der Waals surface area contributed by atoms with Crippen molar-refractivity contribution in [3.8, 4) is 5.75 Å². The molecule has 51 heavy (non-hydrogen) atoms. The van der Waals surface area contributed by atoms with Gasteiger partial charge in [-0.1, -0.05) is 60.7 Å². The van der Waals surface area contributed by atoms with E-state index < -0.39 is 40.7 Å². The van der Waals surface area contributed by atoms with Crippen molar-refractivity contribution in [1.82, 2.24) is 14.5 Å². The quantitative estimate of drug-likeness (QED) is 0.112. The van der Waals surface area contributed by atoms with Crippen molar-refractivity contribution in [3.63, 3.8) is 0 Å². The molecule has 4 N–H and O–H groups in total. The number of ether oxygens (including phenoxy) is 1. The number of likely N-dealkylation sites (tertiary alicyclic amines) is 1. The SMILES string of the molecule is COc1ccc2cc(S(=O)(=O)N(CC(=O)NCCc3ccccc3)[C@H]3CCN(Cc4cccc(C=NN)c4)C3=O)ccc2c1.O=C(O)C(F)(F)F. The number of fused-ring (bicyclic) bond motifs is 1. The lowest BCUT2D eigenvalue weighted by atomic mass is 10.1. The maximum absolute atomic E-state index is 14.2. The van der Waals surface area contributed by atoms with Crippen LogP contribution < -0.4 is 15.9 Å². The minimum atomic E-state index is -5.08. The Balaban J connectivity index is 0.000000755. The summed E-state index contributed by atoms with van der Waals surface area (Å²) in [6.07, 6.45) is -2.72. The fourth-order valence-corrected chi connectivity index (χ4v) is 7.01. The second-order valence-corrected chi connectivity index (χ2v) is 13.3. The number of carbonyl (C=O) groups is 3. The number of carboxylic acids is 1. The van der Waals surface area contributed by atoms with Crippen LogP contribution >= 0.6 is 0 Å². The lowest BCUT2D eigenvalue weighted by Crippen LogP contribution is -2.49. The summed E-state index contributed by atoms with van der Waals surface area (Å²) < 4.78 is 66.4. The third-order valence-electron chi connectivity index (χ3n) is 7.91. The second kappa shape index (κ2) is 17.0. The Kier molecular flexibility index (Phi) is 12.7. The normalized spacial score (nSPS) is 14.8. The Morgan fingerprint density at radius 2 is 1.69 bits per heavy atom. The number of aliphatic carboxylic acids is 1. The maximum Gasteiger partial charge on any atom is 0.490 e. The first-order chi connectivity index (χ1) is 24.2. The Labute approximate surface area is 292 Å². The summed E-state index contributed by atoms with van der Waals surface area (Å²) in [5.74, 6) is 2.35. The fourth-order valence-electron chi connectivity index (χ4n) is 5.40. The zero-order chi connectivity index (χ0) is 37.2. The molecule has 1 heterocycles. The minimum absolute atomic E-state index is 0.00674. The number of hydrazone groups is 1. The van der Waals surface area contributed by atoms with Crippen LogP contribution in [0.4, 0.5) is 13.2 Å². The fraction of sp³-hybridized carbons (Fsp3) is 0.257. The van der Waals surface area contributed by atoms with Gasteiger partial charge in [0.05, 0.1) is 24.8 Å². The number of nitrogens with zero attached hydrogens (tertiary/aromatic N) is 3. The van der Waals surface area contributed by atoms with Crippen LogP contribution in [0.3, 0.4) is 0 Å². The van der Waals surface area contributed by atoms with Crippen LogP contribution in [0.25, 0.3) is 10.8 Å². The molecule has 16 heteroatoms. The van der Waals surface area contributed by atoms with Gasteiger partial charge in [0.15, 0.2) is 0 Å². The van der Waals surface area contributed by atoms with E-state index in [9.17, 15) is 31.2 Å². The average molecular weight is 728 g/mol. The molecule has 1 aliphatic heterocycles. The van der Waals surface area contributed by atoms with E-state index in [1.807, 2.05) is 60.7 Å². The van der Waals surface area contributed by atoms with E-state index >= 15 is 0 Å². The average Bonchev–Trinajstić information content (AvgIpc) is 3.45. The molecule has 4 aromatic carbocycles. The highest BCUT2D eigenvalue weighted by molar-refractivity contribution is 7.89. The number of hydrogen-bond acceptors (Lipinski definition) is 8. The summed E-state index contributed by atoms with van der Waals surface area (Å²) in [7, 11) is -2.68. The summed E-state index contributed by atoms with van der Waals surface area (Å²) >= 11 is 0. The first kappa shape index (κ1) is 38.3. The largest absolute Gasteiger partial charge is 0.497 e. The summed E-state index contributed by atoms with van der Waals surface area (Å²) in [6.45, 7) is 0.487. The lowest BCUT2D eigenvalue weighted by molar-refractivity contribution is -0.192. The molecular formula is C35H36F3N5O7S. The van der Waals surface area contributed by atoms with E-state index in [1.54, 1.807) is 36.3 Å². The van der Waals surface area contributed by atoms with Gasteiger partial charge in [0.1, 0.15) is 11.8 Å². The third-order valence-corrected chi connectivity index (χ3v) is 9.76. The molecule has 2 amide bonds. The topological polar surface area (TPSA) is 172 Å². The monoisotopic (exact) mass is 727 g/mol. The Morgan fingerprint density at radius 3 is 2.35 bits per heavy atom.